The molecule has 0 radical (unpaired) electrons. The molecular weight excluding hydrogens is 460 g/mol. The van der Waals surface area contributed by atoms with E-state index in [0.29, 0.717) is 0 Å². The summed E-state index contributed by atoms with van der Waals surface area (Å²) in [5, 5.41) is 2.98. The van der Waals surface area contributed by atoms with E-state index in [0.717, 1.165) is 67.8 Å². The predicted molar refractivity (Wildman–Crippen MR) is 151 cm³/mol. The van der Waals surface area contributed by atoms with Crippen molar-refractivity contribution in [2.24, 2.45) is 0 Å². The van der Waals surface area contributed by atoms with Crippen molar-refractivity contribution in [2.45, 2.75) is 12.8 Å². The highest BCUT2D eigenvalue weighted by atomic mass is 16.5. The molecule has 3 aromatic carbocycles. The highest BCUT2D eigenvalue weighted by molar-refractivity contribution is 5.84. The number of nitrogens with zero attached hydrogens (tertiary/aromatic N) is 3. The number of H-pyrrole nitrogens is 1. The zero-order valence-corrected chi connectivity index (χ0v) is 21.2. The Balaban J connectivity index is 1.04. The van der Waals surface area contributed by atoms with Crippen molar-refractivity contribution in [1.82, 2.24) is 14.5 Å². The lowest BCUT2D eigenvalue weighted by molar-refractivity contribution is 0.255. The van der Waals surface area contributed by atoms with Crippen LogP contribution in [0.15, 0.2) is 90.0 Å². The van der Waals surface area contributed by atoms with Gasteiger partial charge in [0.05, 0.1) is 7.11 Å². The number of aromatic nitrogens is 2. The number of piperazine rings is 1. The average molecular weight is 493 g/mol. The molecular formula is C31H32N4O2. The molecule has 0 spiro atoms. The van der Waals surface area contributed by atoms with Gasteiger partial charge in [0.2, 0.25) is 0 Å². The number of pyridine rings is 1. The van der Waals surface area contributed by atoms with Crippen molar-refractivity contribution in [2.75, 3.05) is 44.7 Å². The Kier molecular flexibility index (Phi) is 6.41. The van der Waals surface area contributed by atoms with Crippen LogP contribution in [0.2, 0.25) is 0 Å². The molecule has 6 heteroatoms. The van der Waals surface area contributed by atoms with Crippen LogP contribution in [-0.2, 0) is 6.42 Å². The van der Waals surface area contributed by atoms with Gasteiger partial charge in [-0.3, -0.25) is 14.3 Å². The summed E-state index contributed by atoms with van der Waals surface area (Å²) in [6.45, 7) is 5.26. The Morgan fingerprint density at radius 1 is 0.865 bits per heavy atom. The molecule has 1 aliphatic heterocycles. The van der Waals surface area contributed by atoms with Gasteiger partial charge in [0, 0.05) is 66.2 Å². The number of methoxy groups -OCH3 is 1. The summed E-state index contributed by atoms with van der Waals surface area (Å²) >= 11 is 0. The van der Waals surface area contributed by atoms with E-state index in [1.165, 1.54) is 22.2 Å². The third-order valence-corrected chi connectivity index (χ3v) is 7.57. The number of rotatable bonds is 7. The van der Waals surface area contributed by atoms with E-state index < -0.39 is 0 Å². The van der Waals surface area contributed by atoms with E-state index in [9.17, 15) is 4.79 Å². The first-order valence-corrected chi connectivity index (χ1v) is 13.0. The molecule has 2 aromatic heterocycles. The summed E-state index contributed by atoms with van der Waals surface area (Å²) in [6.07, 6.45) is 6.20. The third-order valence-electron chi connectivity index (χ3n) is 7.57. The van der Waals surface area contributed by atoms with Gasteiger partial charge in [0.1, 0.15) is 5.75 Å². The van der Waals surface area contributed by atoms with Crippen LogP contribution in [-0.4, -0.2) is 54.3 Å². The number of benzene rings is 3. The normalized spacial score (nSPS) is 14.5. The molecule has 0 unspecified atom stereocenters. The highest BCUT2D eigenvalue weighted by Gasteiger charge is 2.17. The van der Waals surface area contributed by atoms with Crippen LogP contribution >= 0.6 is 0 Å². The minimum atomic E-state index is 0.0197. The summed E-state index contributed by atoms with van der Waals surface area (Å²) in [7, 11) is 1.72. The lowest BCUT2D eigenvalue weighted by Gasteiger charge is -2.36. The number of aryl methyl sites for hydroxylation is 1. The molecule has 3 heterocycles. The van der Waals surface area contributed by atoms with Crippen molar-refractivity contribution < 1.29 is 4.74 Å². The van der Waals surface area contributed by atoms with Crippen molar-refractivity contribution in [3.8, 4) is 11.4 Å². The monoisotopic (exact) mass is 492 g/mol. The smallest absolute Gasteiger partial charge is 0.262 e. The van der Waals surface area contributed by atoms with Crippen LogP contribution < -0.4 is 15.2 Å². The maximum absolute atomic E-state index is 12.9. The molecule has 1 fully saturated rings. The quantitative estimate of drug-likeness (QED) is 0.338. The Morgan fingerprint density at radius 2 is 1.65 bits per heavy atom. The molecule has 188 valence electrons. The fourth-order valence-electron chi connectivity index (χ4n) is 5.43. The molecule has 6 nitrogen and oxygen atoms in total. The fraction of sp³-hybridized carbons (Fsp3) is 0.258. The highest BCUT2D eigenvalue weighted by Crippen LogP contribution is 2.25. The minimum Gasteiger partial charge on any atom is -0.497 e. The maximum Gasteiger partial charge on any atom is 0.262 e. The van der Waals surface area contributed by atoms with Gasteiger partial charge in [-0.2, -0.15) is 0 Å². The van der Waals surface area contributed by atoms with Gasteiger partial charge in [0.25, 0.3) is 5.56 Å². The molecule has 5 aromatic rings. The van der Waals surface area contributed by atoms with E-state index in [4.69, 9.17) is 4.74 Å². The first-order chi connectivity index (χ1) is 18.2. The first kappa shape index (κ1) is 23.4. The maximum atomic E-state index is 12.9. The SMILES string of the molecule is COc1ccc2[nH]cc(CCCN3CCN(c4ccc(-n5ccc6ccccc6c5=O)cc4)CC3)c2c1. The molecule has 0 atom stereocenters. The second-order valence-electron chi connectivity index (χ2n) is 9.75. The van der Waals surface area contributed by atoms with E-state index in [1.54, 1.807) is 11.7 Å². The van der Waals surface area contributed by atoms with E-state index in [-0.39, 0.29) is 5.56 Å². The fourth-order valence-corrected chi connectivity index (χ4v) is 5.43. The number of hydrogen-bond acceptors (Lipinski definition) is 4. The number of fused-ring (bicyclic) bond motifs is 2. The van der Waals surface area contributed by atoms with Crippen molar-refractivity contribution in [3.05, 3.63) is 101 Å². The van der Waals surface area contributed by atoms with Gasteiger partial charge >= 0.3 is 0 Å². The average Bonchev–Trinajstić information content (AvgIpc) is 3.36. The van der Waals surface area contributed by atoms with Gasteiger partial charge < -0.3 is 14.6 Å². The van der Waals surface area contributed by atoms with Crippen molar-refractivity contribution in [1.29, 1.82) is 0 Å². The van der Waals surface area contributed by atoms with Gasteiger partial charge in [-0.1, -0.05) is 18.2 Å². The summed E-state index contributed by atoms with van der Waals surface area (Å²) in [5.41, 5.74) is 4.66. The lowest BCUT2D eigenvalue weighted by Crippen LogP contribution is -2.46. The molecule has 1 aliphatic rings. The molecule has 0 bridgehead atoms. The summed E-state index contributed by atoms with van der Waals surface area (Å²) in [5.74, 6) is 0.904. The largest absolute Gasteiger partial charge is 0.497 e. The molecule has 37 heavy (non-hydrogen) atoms. The van der Waals surface area contributed by atoms with Crippen molar-refractivity contribution >= 4 is 27.4 Å². The van der Waals surface area contributed by atoms with Crippen LogP contribution in [0.25, 0.3) is 27.4 Å². The Bertz CT molecular complexity index is 1580. The molecule has 1 N–H and O–H groups in total. The molecule has 0 amide bonds. The van der Waals surface area contributed by atoms with E-state index in [1.807, 2.05) is 54.7 Å². The van der Waals surface area contributed by atoms with Crippen LogP contribution in [0.1, 0.15) is 12.0 Å². The summed E-state index contributed by atoms with van der Waals surface area (Å²) in [6, 6.07) is 24.3. The van der Waals surface area contributed by atoms with Gasteiger partial charge in [-0.15, -0.1) is 0 Å². The first-order valence-electron chi connectivity index (χ1n) is 13.0. The summed E-state index contributed by atoms with van der Waals surface area (Å²) in [4.78, 5) is 21.3. The molecule has 0 aliphatic carbocycles. The van der Waals surface area contributed by atoms with Crippen LogP contribution in [0.3, 0.4) is 0 Å². The van der Waals surface area contributed by atoms with Crippen LogP contribution in [0.5, 0.6) is 5.75 Å². The Morgan fingerprint density at radius 3 is 2.46 bits per heavy atom. The van der Waals surface area contributed by atoms with E-state index >= 15 is 0 Å². The Labute approximate surface area is 216 Å². The second kappa shape index (κ2) is 10.1. The second-order valence-corrected chi connectivity index (χ2v) is 9.75. The molecule has 6 rings (SSSR count). The third kappa shape index (κ3) is 4.72. The zero-order chi connectivity index (χ0) is 25.2. The number of ether oxygens (including phenoxy) is 1. The predicted octanol–water partition coefficient (Wildman–Crippen LogP) is 5.24. The Hall–Kier alpha value is -4.03. The zero-order valence-electron chi connectivity index (χ0n) is 21.2. The van der Waals surface area contributed by atoms with Gasteiger partial charge in [-0.05, 0) is 84.9 Å². The molecule has 0 saturated carbocycles. The summed E-state index contributed by atoms with van der Waals surface area (Å²) < 4.78 is 7.13. The number of anilines is 1. The lowest BCUT2D eigenvalue weighted by atomic mass is 10.1. The number of aromatic amines is 1. The van der Waals surface area contributed by atoms with E-state index in [2.05, 4.69) is 45.2 Å². The standard InChI is InChI=1S/C31H32N4O2/c1-37-27-12-13-30-29(21-27)24(22-32-30)6-4-15-33-17-19-34(20-18-33)25-8-10-26(11-9-25)35-16-14-23-5-2-3-7-28(23)31(35)36/h2-3,5,7-14,16,21-22,32H,4,6,15,17-20H2,1H3. The van der Waals surface area contributed by atoms with Gasteiger partial charge in [-0.25, -0.2) is 0 Å². The number of nitrogens with one attached hydrogen (secondary N) is 1. The van der Waals surface area contributed by atoms with Gasteiger partial charge in [0.15, 0.2) is 0 Å². The van der Waals surface area contributed by atoms with Crippen molar-refractivity contribution in [3.63, 3.8) is 0 Å². The minimum absolute atomic E-state index is 0.0197. The van der Waals surface area contributed by atoms with Crippen LogP contribution in [0, 0.1) is 0 Å². The number of hydrogen-bond donors (Lipinski definition) is 1. The topological polar surface area (TPSA) is 53.5 Å². The molecule has 1 saturated heterocycles. The van der Waals surface area contributed by atoms with Crippen LogP contribution in [0.4, 0.5) is 5.69 Å².